The fourth-order valence-corrected chi connectivity index (χ4v) is 4.81. The Bertz CT molecular complexity index is 1260. The normalized spacial score (nSPS) is 12.9. The zero-order valence-corrected chi connectivity index (χ0v) is 24.3. The van der Waals surface area contributed by atoms with E-state index in [0.717, 1.165) is 40.7 Å². The number of carbonyl (C=O) groups is 3. The average molecular weight is 550 g/mol. The van der Waals surface area contributed by atoms with Gasteiger partial charge in [0.2, 0.25) is 17.7 Å². The van der Waals surface area contributed by atoms with Crippen LogP contribution >= 0.6 is 0 Å². The Balaban J connectivity index is 1.73. The van der Waals surface area contributed by atoms with E-state index in [-0.39, 0.29) is 36.7 Å². The first-order chi connectivity index (χ1) is 19.2. The number of hydroxylamine groups is 1. The van der Waals surface area contributed by atoms with Crippen molar-refractivity contribution in [3.8, 4) is 0 Å². The van der Waals surface area contributed by atoms with Gasteiger partial charge in [-0.3, -0.25) is 19.2 Å². The Hall–Kier alpha value is -3.69. The number of H-pyrrole nitrogens is 1. The van der Waals surface area contributed by atoms with Gasteiger partial charge in [-0.15, -0.1) is 0 Å². The largest absolute Gasteiger partial charge is 0.358 e. The van der Waals surface area contributed by atoms with Gasteiger partial charge in [-0.25, -0.2) is 5.48 Å². The van der Waals surface area contributed by atoms with Crippen molar-refractivity contribution in [1.29, 1.82) is 0 Å². The summed E-state index contributed by atoms with van der Waals surface area (Å²) in [6, 6.07) is 16.7. The summed E-state index contributed by atoms with van der Waals surface area (Å²) in [5.41, 5.74) is 6.44. The van der Waals surface area contributed by atoms with Gasteiger partial charge in [-0.1, -0.05) is 62.4 Å². The second-order valence-electron chi connectivity index (χ2n) is 10.9. The Labute approximate surface area is 237 Å². The van der Waals surface area contributed by atoms with E-state index in [2.05, 4.69) is 26.0 Å². The number of hydrogen-bond acceptors (Lipinski definition) is 5. The molecule has 3 amide bonds. The fourth-order valence-electron chi connectivity index (χ4n) is 4.81. The summed E-state index contributed by atoms with van der Waals surface area (Å²) in [4.78, 5) is 50.1. The van der Waals surface area contributed by atoms with Crippen LogP contribution in [0, 0.1) is 11.8 Å². The van der Waals surface area contributed by atoms with Gasteiger partial charge in [-0.05, 0) is 43.6 Å². The number of para-hydroxylation sites is 1. The topological polar surface area (TPSA) is 116 Å². The molecule has 216 valence electrons. The highest BCUT2D eigenvalue weighted by Crippen LogP contribution is 2.25. The molecule has 1 heterocycles. The number of benzene rings is 2. The molecule has 0 aliphatic heterocycles. The van der Waals surface area contributed by atoms with E-state index in [1.165, 1.54) is 0 Å². The van der Waals surface area contributed by atoms with E-state index < -0.39 is 12.0 Å². The van der Waals surface area contributed by atoms with Crippen molar-refractivity contribution in [2.75, 3.05) is 27.7 Å². The Kier molecular flexibility index (Phi) is 11.7. The Morgan fingerprint density at radius 2 is 1.68 bits per heavy atom. The number of hydrogen-bond donors (Lipinski definition) is 4. The molecule has 0 aliphatic carbocycles. The molecule has 9 nitrogen and oxygen atoms in total. The van der Waals surface area contributed by atoms with E-state index in [9.17, 15) is 14.4 Å². The summed E-state index contributed by atoms with van der Waals surface area (Å²) >= 11 is 0. The number of carbonyl (C=O) groups excluding carboxylic acids is 3. The van der Waals surface area contributed by atoms with Gasteiger partial charge in [0.05, 0.1) is 6.61 Å². The van der Waals surface area contributed by atoms with Crippen molar-refractivity contribution in [1.82, 2.24) is 26.0 Å². The van der Waals surface area contributed by atoms with Crippen molar-refractivity contribution in [2.45, 2.75) is 52.2 Å². The third-order valence-corrected chi connectivity index (χ3v) is 6.82. The van der Waals surface area contributed by atoms with Crippen LogP contribution in [-0.4, -0.2) is 61.3 Å². The molecule has 0 radical (unpaired) electrons. The van der Waals surface area contributed by atoms with Gasteiger partial charge in [0.1, 0.15) is 6.04 Å². The zero-order chi connectivity index (χ0) is 29.1. The predicted octanol–water partition coefficient (Wildman–Crippen LogP) is 3.35. The SMILES string of the molecule is CNC(=O)C(Cc1c(CCN(C)C)[nH]c2ccccc12)NC(=O)C(CC(=O)NOCc1ccccc1)CC(C)C. The lowest BCUT2D eigenvalue weighted by Crippen LogP contribution is -2.49. The Morgan fingerprint density at radius 1 is 0.975 bits per heavy atom. The molecule has 40 heavy (non-hydrogen) atoms. The molecule has 2 unspecified atom stereocenters. The Morgan fingerprint density at radius 3 is 2.35 bits per heavy atom. The summed E-state index contributed by atoms with van der Waals surface area (Å²) in [5, 5.41) is 6.69. The molecule has 2 atom stereocenters. The summed E-state index contributed by atoms with van der Waals surface area (Å²) in [6.45, 7) is 5.08. The van der Waals surface area contributed by atoms with Crippen LogP contribution in [0.4, 0.5) is 0 Å². The molecular formula is C31H43N5O4. The van der Waals surface area contributed by atoms with Crippen LogP contribution in [0.15, 0.2) is 54.6 Å². The van der Waals surface area contributed by atoms with Crippen molar-refractivity contribution >= 4 is 28.6 Å². The third kappa shape index (κ3) is 9.20. The van der Waals surface area contributed by atoms with Gasteiger partial charge < -0.3 is 20.5 Å². The summed E-state index contributed by atoms with van der Waals surface area (Å²) in [6.07, 6.45) is 1.57. The summed E-state index contributed by atoms with van der Waals surface area (Å²) in [7, 11) is 5.61. The molecule has 0 fully saturated rings. The van der Waals surface area contributed by atoms with Crippen molar-refractivity contribution in [3.63, 3.8) is 0 Å². The lowest BCUT2D eigenvalue weighted by atomic mass is 9.92. The van der Waals surface area contributed by atoms with Crippen LogP contribution in [0.5, 0.6) is 0 Å². The second kappa shape index (κ2) is 15.2. The first-order valence-electron chi connectivity index (χ1n) is 13.9. The molecule has 2 aromatic carbocycles. The molecule has 0 spiro atoms. The molecular weight excluding hydrogens is 506 g/mol. The molecule has 0 saturated heterocycles. The highest BCUT2D eigenvalue weighted by Gasteiger charge is 2.29. The smallest absolute Gasteiger partial charge is 0.244 e. The highest BCUT2D eigenvalue weighted by atomic mass is 16.6. The number of amides is 3. The molecule has 3 aromatic rings. The fraction of sp³-hybridized carbons (Fsp3) is 0.452. The minimum absolute atomic E-state index is 0.0412. The number of likely N-dealkylation sites (N-methyl/N-ethyl adjacent to an activating group) is 2. The van der Waals surface area contributed by atoms with Crippen LogP contribution in [0.1, 0.15) is 43.5 Å². The molecule has 1 aromatic heterocycles. The predicted molar refractivity (Wildman–Crippen MR) is 157 cm³/mol. The molecule has 0 bridgehead atoms. The van der Waals surface area contributed by atoms with E-state index in [4.69, 9.17) is 4.84 Å². The first kappa shape index (κ1) is 30.8. The molecule has 0 saturated carbocycles. The highest BCUT2D eigenvalue weighted by molar-refractivity contribution is 5.92. The summed E-state index contributed by atoms with van der Waals surface area (Å²) < 4.78 is 0. The minimum atomic E-state index is -0.790. The lowest BCUT2D eigenvalue weighted by Gasteiger charge is -2.23. The van der Waals surface area contributed by atoms with Crippen LogP contribution in [0.2, 0.25) is 0 Å². The number of nitrogens with one attached hydrogen (secondary N) is 4. The van der Waals surface area contributed by atoms with Crippen molar-refractivity contribution in [2.24, 2.45) is 11.8 Å². The lowest BCUT2D eigenvalue weighted by molar-refractivity contribution is -0.139. The van der Waals surface area contributed by atoms with Crippen molar-refractivity contribution in [3.05, 3.63) is 71.4 Å². The van der Waals surface area contributed by atoms with Gasteiger partial charge in [0.25, 0.3) is 0 Å². The molecule has 9 heteroatoms. The van der Waals surface area contributed by atoms with Gasteiger partial charge in [-0.2, -0.15) is 0 Å². The maximum atomic E-state index is 13.5. The molecule has 4 N–H and O–H groups in total. The maximum Gasteiger partial charge on any atom is 0.244 e. The monoisotopic (exact) mass is 549 g/mol. The first-order valence-corrected chi connectivity index (χ1v) is 13.9. The standard InChI is InChI=1S/C31H43N5O4/c1-21(2)17-23(18-29(37)35-40-20-22-11-7-6-8-12-22)30(38)34-28(31(39)32-3)19-25-24-13-9-10-14-26(24)33-27(25)15-16-36(4)5/h6-14,21,23,28,33H,15-20H2,1-5H3,(H,32,39)(H,34,38)(H,35,37). The quantitative estimate of drug-likeness (QED) is 0.217. The van der Waals surface area contributed by atoms with Gasteiger partial charge >= 0.3 is 0 Å². The minimum Gasteiger partial charge on any atom is -0.358 e. The van der Waals surface area contributed by atoms with Crippen molar-refractivity contribution < 1.29 is 19.2 Å². The van der Waals surface area contributed by atoms with Crippen LogP contribution in [0.3, 0.4) is 0 Å². The van der Waals surface area contributed by atoms with Crippen LogP contribution in [-0.2, 0) is 38.7 Å². The number of aromatic nitrogens is 1. The third-order valence-electron chi connectivity index (χ3n) is 6.82. The van der Waals surface area contributed by atoms with E-state index >= 15 is 0 Å². The van der Waals surface area contributed by atoms with Crippen LogP contribution in [0.25, 0.3) is 10.9 Å². The number of fused-ring (bicyclic) bond motifs is 1. The average Bonchev–Trinajstić information content (AvgIpc) is 3.28. The number of rotatable bonds is 15. The van der Waals surface area contributed by atoms with E-state index in [1.807, 2.05) is 82.5 Å². The van der Waals surface area contributed by atoms with E-state index in [0.29, 0.717) is 12.8 Å². The molecule has 0 aliphatic rings. The molecule has 3 rings (SSSR count). The van der Waals surface area contributed by atoms with Crippen LogP contribution < -0.4 is 16.1 Å². The van der Waals surface area contributed by atoms with Gasteiger partial charge in [0.15, 0.2) is 0 Å². The summed E-state index contributed by atoms with van der Waals surface area (Å²) in [5.74, 6) is -1.41. The number of aromatic amines is 1. The van der Waals surface area contributed by atoms with E-state index in [1.54, 1.807) is 7.05 Å². The zero-order valence-electron chi connectivity index (χ0n) is 24.3. The van der Waals surface area contributed by atoms with Gasteiger partial charge in [0, 0.05) is 55.4 Å². The number of nitrogens with zero attached hydrogens (tertiary/aromatic N) is 1. The second-order valence-corrected chi connectivity index (χ2v) is 10.9. The maximum absolute atomic E-state index is 13.5.